The highest BCUT2D eigenvalue weighted by Crippen LogP contribution is 2.14. The minimum atomic E-state index is 0.370. The predicted molar refractivity (Wildman–Crippen MR) is 77.4 cm³/mol. The number of alkyl halides is 1. The zero-order valence-corrected chi connectivity index (χ0v) is 12.7. The first kappa shape index (κ1) is 15.2. The van der Waals surface area contributed by atoms with Gasteiger partial charge < -0.3 is 9.80 Å². The molecule has 5 heteroatoms. The average molecular weight is 271 g/mol. The number of aryl methyl sites for hydroxylation is 1. The van der Waals surface area contributed by atoms with Crippen LogP contribution in [0.25, 0.3) is 0 Å². The van der Waals surface area contributed by atoms with Crippen molar-refractivity contribution in [1.29, 1.82) is 0 Å². The number of nitrogens with zero attached hydrogens (tertiary/aromatic N) is 4. The van der Waals surface area contributed by atoms with Crippen LogP contribution in [0.1, 0.15) is 25.2 Å². The summed E-state index contributed by atoms with van der Waals surface area (Å²) in [4.78, 5) is 13.4. The van der Waals surface area contributed by atoms with Gasteiger partial charge in [-0.2, -0.15) is 0 Å². The third kappa shape index (κ3) is 4.10. The van der Waals surface area contributed by atoms with E-state index in [4.69, 9.17) is 11.6 Å². The van der Waals surface area contributed by atoms with E-state index in [1.807, 2.05) is 13.0 Å². The minimum Gasteiger partial charge on any atom is -0.337 e. The third-order valence-corrected chi connectivity index (χ3v) is 3.07. The van der Waals surface area contributed by atoms with Crippen LogP contribution in [0.5, 0.6) is 0 Å². The molecule has 0 aliphatic rings. The van der Waals surface area contributed by atoms with Crippen molar-refractivity contribution in [2.45, 2.75) is 32.7 Å². The van der Waals surface area contributed by atoms with Gasteiger partial charge in [-0.25, -0.2) is 9.97 Å². The van der Waals surface area contributed by atoms with Crippen molar-refractivity contribution in [3.05, 3.63) is 17.5 Å². The van der Waals surface area contributed by atoms with Gasteiger partial charge in [0, 0.05) is 24.8 Å². The molecule has 0 spiro atoms. The van der Waals surface area contributed by atoms with Crippen molar-refractivity contribution in [2.24, 2.45) is 0 Å². The summed E-state index contributed by atoms with van der Waals surface area (Å²) in [5.74, 6) is 1.21. The molecule has 1 aromatic heterocycles. The summed E-state index contributed by atoms with van der Waals surface area (Å²) in [6, 6.07) is 2.30. The van der Waals surface area contributed by atoms with Gasteiger partial charge in [0.1, 0.15) is 0 Å². The molecule has 1 atom stereocenters. The monoisotopic (exact) mass is 270 g/mol. The summed E-state index contributed by atoms with van der Waals surface area (Å²) < 4.78 is 0. The lowest BCUT2D eigenvalue weighted by Crippen LogP contribution is -2.41. The summed E-state index contributed by atoms with van der Waals surface area (Å²) in [5, 5.41) is 0. The molecule has 0 fully saturated rings. The number of hydrogen-bond acceptors (Lipinski definition) is 4. The second-order valence-corrected chi connectivity index (χ2v) is 5.10. The Labute approximate surface area is 115 Å². The van der Waals surface area contributed by atoms with Crippen LogP contribution >= 0.6 is 11.6 Å². The first-order valence-electron chi connectivity index (χ1n) is 6.29. The van der Waals surface area contributed by atoms with Gasteiger partial charge in [0.25, 0.3) is 0 Å². The normalized spacial score (nSPS) is 12.8. The number of likely N-dealkylation sites (N-methyl/N-ethyl adjacent to an activating group) is 2. The van der Waals surface area contributed by atoms with Crippen molar-refractivity contribution in [3.63, 3.8) is 0 Å². The molecule has 0 bridgehead atoms. The van der Waals surface area contributed by atoms with Crippen molar-refractivity contribution in [3.8, 4) is 0 Å². The van der Waals surface area contributed by atoms with E-state index in [1.165, 1.54) is 0 Å². The second kappa shape index (κ2) is 6.90. The Morgan fingerprint density at radius 1 is 1.33 bits per heavy atom. The van der Waals surface area contributed by atoms with E-state index in [-0.39, 0.29) is 0 Å². The van der Waals surface area contributed by atoms with Crippen LogP contribution in [0, 0.1) is 6.92 Å². The highest BCUT2D eigenvalue weighted by molar-refractivity contribution is 6.16. The molecule has 0 saturated heterocycles. The lowest BCUT2D eigenvalue weighted by atomic mass is 10.2. The van der Waals surface area contributed by atoms with E-state index >= 15 is 0 Å². The minimum absolute atomic E-state index is 0.370. The van der Waals surface area contributed by atoms with E-state index in [0.717, 1.165) is 30.4 Å². The Morgan fingerprint density at radius 2 is 2.00 bits per heavy atom. The quantitative estimate of drug-likeness (QED) is 0.743. The van der Waals surface area contributed by atoms with Gasteiger partial charge in [0.2, 0.25) is 5.95 Å². The van der Waals surface area contributed by atoms with Crippen molar-refractivity contribution in [1.82, 2.24) is 14.9 Å². The van der Waals surface area contributed by atoms with Gasteiger partial charge >= 0.3 is 0 Å². The van der Waals surface area contributed by atoms with Crippen LogP contribution in [0.15, 0.2) is 6.07 Å². The summed E-state index contributed by atoms with van der Waals surface area (Å²) in [5.41, 5.74) is 1.85. The van der Waals surface area contributed by atoms with Crippen LogP contribution in [0.3, 0.4) is 0 Å². The molecular weight excluding hydrogens is 248 g/mol. The van der Waals surface area contributed by atoms with Gasteiger partial charge in [0.15, 0.2) is 0 Å². The van der Waals surface area contributed by atoms with E-state index in [2.05, 4.69) is 47.7 Å². The Balaban J connectivity index is 2.97. The Bertz CT molecular complexity index is 381. The highest BCUT2D eigenvalue weighted by Gasteiger charge is 2.16. The van der Waals surface area contributed by atoms with Crippen molar-refractivity contribution < 1.29 is 0 Å². The van der Waals surface area contributed by atoms with Crippen LogP contribution in [-0.4, -0.2) is 48.1 Å². The zero-order chi connectivity index (χ0) is 13.7. The standard InChI is InChI=1S/C13H23ClN4/c1-6-18(11(3)9-17(4)5)13-15-10(2)7-12(8-14)16-13/h7,11H,6,8-9H2,1-5H3. The second-order valence-electron chi connectivity index (χ2n) is 4.83. The molecule has 1 heterocycles. The fourth-order valence-electron chi connectivity index (χ4n) is 2.09. The molecule has 0 radical (unpaired) electrons. The Kier molecular flexibility index (Phi) is 5.82. The third-order valence-electron chi connectivity index (χ3n) is 2.79. The fraction of sp³-hybridized carbons (Fsp3) is 0.692. The first-order chi connectivity index (χ1) is 8.47. The molecule has 0 aliphatic heterocycles. The van der Waals surface area contributed by atoms with Crippen molar-refractivity contribution in [2.75, 3.05) is 32.1 Å². The summed E-state index contributed by atoms with van der Waals surface area (Å²) in [6.45, 7) is 8.15. The van der Waals surface area contributed by atoms with E-state index in [9.17, 15) is 0 Å². The molecule has 0 amide bonds. The number of anilines is 1. The molecule has 1 aromatic rings. The fourth-order valence-corrected chi connectivity index (χ4v) is 2.23. The molecule has 0 aliphatic carbocycles. The molecule has 18 heavy (non-hydrogen) atoms. The molecule has 1 rings (SSSR count). The van der Waals surface area contributed by atoms with Crippen LogP contribution in [0.2, 0.25) is 0 Å². The van der Waals surface area contributed by atoms with Crippen LogP contribution in [-0.2, 0) is 5.88 Å². The topological polar surface area (TPSA) is 32.3 Å². The van der Waals surface area contributed by atoms with E-state index in [1.54, 1.807) is 0 Å². The summed E-state index contributed by atoms with van der Waals surface area (Å²) in [7, 11) is 4.15. The molecule has 0 saturated carbocycles. The maximum absolute atomic E-state index is 5.87. The maximum atomic E-state index is 5.87. The maximum Gasteiger partial charge on any atom is 0.226 e. The smallest absolute Gasteiger partial charge is 0.226 e. The lowest BCUT2D eigenvalue weighted by Gasteiger charge is -2.30. The zero-order valence-electron chi connectivity index (χ0n) is 11.9. The number of rotatable bonds is 6. The Hall–Kier alpha value is -0.870. The van der Waals surface area contributed by atoms with Crippen LogP contribution < -0.4 is 4.90 Å². The van der Waals surface area contributed by atoms with Gasteiger partial charge in [0.05, 0.1) is 11.6 Å². The average Bonchev–Trinajstić information content (AvgIpc) is 2.28. The molecular formula is C13H23ClN4. The molecule has 0 aromatic carbocycles. The molecule has 102 valence electrons. The summed E-state index contributed by atoms with van der Waals surface area (Å²) >= 11 is 5.87. The molecule has 1 unspecified atom stereocenters. The number of hydrogen-bond donors (Lipinski definition) is 0. The molecule has 0 N–H and O–H groups in total. The highest BCUT2D eigenvalue weighted by atomic mass is 35.5. The Morgan fingerprint density at radius 3 is 2.50 bits per heavy atom. The van der Waals surface area contributed by atoms with Crippen LogP contribution in [0.4, 0.5) is 5.95 Å². The lowest BCUT2D eigenvalue weighted by molar-refractivity contribution is 0.371. The molecule has 4 nitrogen and oxygen atoms in total. The van der Waals surface area contributed by atoms with E-state index in [0.29, 0.717) is 11.9 Å². The van der Waals surface area contributed by atoms with E-state index < -0.39 is 0 Å². The summed E-state index contributed by atoms with van der Waals surface area (Å²) in [6.07, 6.45) is 0. The van der Waals surface area contributed by atoms with Gasteiger partial charge in [-0.15, -0.1) is 11.6 Å². The number of aromatic nitrogens is 2. The van der Waals surface area contributed by atoms with Gasteiger partial charge in [-0.3, -0.25) is 0 Å². The number of halogens is 1. The SMILES string of the molecule is CCN(c1nc(C)cc(CCl)n1)C(C)CN(C)C. The first-order valence-corrected chi connectivity index (χ1v) is 6.83. The van der Waals surface area contributed by atoms with Crippen molar-refractivity contribution >= 4 is 17.5 Å². The van der Waals surface area contributed by atoms with Gasteiger partial charge in [-0.1, -0.05) is 0 Å². The van der Waals surface area contributed by atoms with Gasteiger partial charge in [-0.05, 0) is 40.9 Å². The predicted octanol–water partition coefficient (Wildman–Crippen LogP) is 2.30. The largest absolute Gasteiger partial charge is 0.337 e.